The first kappa shape index (κ1) is 14.3. The van der Waals surface area contributed by atoms with Gasteiger partial charge in [0.25, 0.3) is 0 Å². The van der Waals surface area contributed by atoms with Gasteiger partial charge < -0.3 is 9.84 Å². The van der Waals surface area contributed by atoms with Crippen molar-refractivity contribution in [3.05, 3.63) is 22.9 Å². The smallest absolute Gasteiger partial charge is 0.219 e. The molecule has 0 saturated heterocycles. The van der Waals surface area contributed by atoms with Gasteiger partial charge in [-0.25, -0.2) is 4.98 Å². The zero-order chi connectivity index (χ0) is 13.8. The molecule has 0 aliphatic heterocycles. The van der Waals surface area contributed by atoms with Crippen molar-refractivity contribution in [3.8, 4) is 5.88 Å². The molecule has 1 aromatic rings. The number of pyridine rings is 1. The van der Waals surface area contributed by atoms with E-state index >= 15 is 0 Å². The maximum atomic E-state index is 9.52. The Hall–Kier alpha value is -1.09. The van der Waals surface area contributed by atoms with Crippen LogP contribution in [-0.2, 0) is 6.61 Å². The van der Waals surface area contributed by atoms with Gasteiger partial charge in [-0.1, -0.05) is 13.3 Å². The Labute approximate surface area is 116 Å². The number of ether oxygens (including phenoxy) is 1. The molecule has 2 atom stereocenters. The molecule has 1 aromatic heterocycles. The molecule has 1 saturated carbocycles. The van der Waals surface area contributed by atoms with Crippen LogP contribution < -0.4 is 4.74 Å². The van der Waals surface area contributed by atoms with Gasteiger partial charge in [-0.3, -0.25) is 0 Å². The van der Waals surface area contributed by atoms with Crippen LogP contribution in [0.5, 0.6) is 5.88 Å². The summed E-state index contributed by atoms with van der Waals surface area (Å²) < 4.78 is 6.17. The molecule has 1 heterocycles. The van der Waals surface area contributed by atoms with Gasteiger partial charge in [0.1, 0.15) is 6.10 Å². The Bertz CT molecular complexity index is 431. The van der Waals surface area contributed by atoms with Crippen molar-refractivity contribution in [2.75, 3.05) is 0 Å². The van der Waals surface area contributed by atoms with E-state index in [1.807, 2.05) is 19.9 Å². The number of aliphatic hydroxyl groups is 1. The molecule has 1 aliphatic carbocycles. The summed E-state index contributed by atoms with van der Waals surface area (Å²) in [6.07, 6.45) is 6.33. The highest BCUT2D eigenvalue weighted by Gasteiger charge is 2.26. The summed E-state index contributed by atoms with van der Waals surface area (Å²) in [6.45, 7) is 6.20. The molecule has 1 aliphatic rings. The van der Waals surface area contributed by atoms with E-state index < -0.39 is 0 Å². The van der Waals surface area contributed by atoms with E-state index in [0.29, 0.717) is 11.8 Å². The number of hydrogen-bond donors (Lipinski definition) is 1. The van der Waals surface area contributed by atoms with Crippen LogP contribution in [0.15, 0.2) is 6.07 Å². The number of aryl methyl sites for hydroxylation is 2. The predicted molar refractivity (Wildman–Crippen MR) is 76.3 cm³/mol. The van der Waals surface area contributed by atoms with Crippen molar-refractivity contribution in [1.29, 1.82) is 0 Å². The van der Waals surface area contributed by atoms with Crippen molar-refractivity contribution < 1.29 is 9.84 Å². The zero-order valence-corrected chi connectivity index (χ0v) is 12.3. The SMILES string of the molecule is CCC1CCCCC1Oc1nc(C)cc(C)c1CO. The van der Waals surface area contributed by atoms with Crippen LogP contribution in [0.2, 0.25) is 0 Å². The highest BCUT2D eigenvalue weighted by molar-refractivity contribution is 5.35. The van der Waals surface area contributed by atoms with Crippen LogP contribution in [0, 0.1) is 19.8 Å². The van der Waals surface area contributed by atoms with Crippen LogP contribution >= 0.6 is 0 Å². The van der Waals surface area contributed by atoms with Crippen molar-refractivity contribution in [2.24, 2.45) is 5.92 Å². The summed E-state index contributed by atoms with van der Waals surface area (Å²) >= 11 is 0. The molecule has 2 rings (SSSR count). The third-order valence-corrected chi connectivity index (χ3v) is 4.22. The Morgan fingerprint density at radius 3 is 2.74 bits per heavy atom. The molecule has 106 valence electrons. The lowest BCUT2D eigenvalue weighted by Gasteiger charge is -2.31. The van der Waals surface area contributed by atoms with E-state index in [-0.39, 0.29) is 12.7 Å². The molecule has 0 aromatic carbocycles. The first-order chi connectivity index (χ1) is 9.15. The standard InChI is InChI=1S/C16H25NO2/c1-4-13-7-5-6-8-15(13)19-16-14(10-18)11(2)9-12(3)17-16/h9,13,15,18H,4-8,10H2,1-3H3. The largest absolute Gasteiger partial charge is 0.474 e. The van der Waals surface area contributed by atoms with E-state index in [2.05, 4.69) is 11.9 Å². The zero-order valence-electron chi connectivity index (χ0n) is 12.3. The second-order valence-corrected chi connectivity index (χ2v) is 5.63. The van der Waals surface area contributed by atoms with E-state index in [0.717, 1.165) is 29.7 Å². The minimum absolute atomic E-state index is 0.00203. The first-order valence-electron chi connectivity index (χ1n) is 7.40. The van der Waals surface area contributed by atoms with Gasteiger partial charge in [-0.2, -0.15) is 0 Å². The third kappa shape index (κ3) is 3.27. The molecule has 19 heavy (non-hydrogen) atoms. The minimum atomic E-state index is -0.00203. The summed E-state index contributed by atoms with van der Waals surface area (Å²) in [5.41, 5.74) is 2.86. The fraction of sp³-hybridized carbons (Fsp3) is 0.688. The summed E-state index contributed by atoms with van der Waals surface area (Å²) in [6, 6.07) is 2.00. The van der Waals surface area contributed by atoms with Crippen molar-refractivity contribution in [1.82, 2.24) is 4.98 Å². The number of nitrogens with zero attached hydrogens (tertiary/aromatic N) is 1. The van der Waals surface area contributed by atoms with Gasteiger partial charge in [0.05, 0.1) is 6.61 Å². The molecule has 0 radical (unpaired) electrons. The summed E-state index contributed by atoms with van der Waals surface area (Å²) in [4.78, 5) is 4.49. The van der Waals surface area contributed by atoms with Crippen molar-refractivity contribution in [3.63, 3.8) is 0 Å². The van der Waals surface area contributed by atoms with Gasteiger partial charge in [0.15, 0.2) is 0 Å². The van der Waals surface area contributed by atoms with Gasteiger partial charge in [0, 0.05) is 11.3 Å². The van der Waals surface area contributed by atoms with E-state index in [4.69, 9.17) is 4.74 Å². The summed E-state index contributed by atoms with van der Waals surface area (Å²) in [7, 11) is 0. The minimum Gasteiger partial charge on any atom is -0.474 e. The molecule has 0 bridgehead atoms. The molecule has 0 spiro atoms. The monoisotopic (exact) mass is 263 g/mol. The van der Waals surface area contributed by atoms with E-state index in [9.17, 15) is 5.11 Å². The van der Waals surface area contributed by atoms with E-state index in [1.165, 1.54) is 19.3 Å². The lowest BCUT2D eigenvalue weighted by Crippen LogP contribution is -2.30. The normalized spacial score (nSPS) is 23.4. The van der Waals surface area contributed by atoms with Gasteiger partial charge in [-0.05, 0) is 57.1 Å². The summed E-state index contributed by atoms with van der Waals surface area (Å²) in [5, 5.41) is 9.52. The number of aliphatic hydroxyl groups excluding tert-OH is 1. The summed E-state index contributed by atoms with van der Waals surface area (Å²) in [5.74, 6) is 1.27. The quantitative estimate of drug-likeness (QED) is 0.903. The first-order valence-corrected chi connectivity index (χ1v) is 7.40. The number of aromatic nitrogens is 1. The molecule has 1 fully saturated rings. The maximum absolute atomic E-state index is 9.52. The van der Waals surface area contributed by atoms with Crippen LogP contribution in [0.1, 0.15) is 55.8 Å². The van der Waals surface area contributed by atoms with Gasteiger partial charge >= 0.3 is 0 Å². The lowest BCUT2D eigenvalue weighted by atomic mass is 9.85. The Kier molecular flexibility index (Phi) is 4.81. The van der Waals surface area contributed by atoms with Crippen LogP contribution in [0.4, 0.5) is 0 Å². The molecule has 0 amide bonds. The van der Waals surface area contributed by atoms with E-state index in [1.54, 1.807) is 0 Å². The highest BCUT2D eigenvalue weighted by Crippen LogP contribution is 2.31. The number of rotatable bonds is 4. The Balaban J connectivity index is 2.21. The fourth-order valence-corrected chi connectivity index (χ4v) is 3.06. The second kappa shape index (κ2) is 6.38. The van der Waals surface area contributed by atoms with Gasteiger partial charge in [-0.15, -0.1) is 0 Å². The Morgan fingerprint density at radius 2 is 2.05 bits per heavy atom. The molecule has 2 unspecified atom stereocenters. The van der Waals surface area contributed by atoms with Gasteiger partial charge in [0.2, 0.25) is 5.88 Å². The number of hydrogen-bond acceptors (Lipinski definition) is 3. The molecule has 3 nitrogen and oxygen atoms in total. The average Bonchev–Trinajstić information content (AvgIpc) is 2.39. The molecular formula is C16H25NO2. The second-order valence-electron chi connectivity index (χ2n) is 5.63. The molecular weight excluding hydrogens is 238 g/mol. The van der Waals surface area contributed by atoms with Crippen LogP contribution in [0.3, 0.4) is 0 Å². The predicted octanol–water partition coefficient (Wildman–Crippen LogP) is 3.54. The lowest BCUT2D eigenvalue weighted by molar-refractivity contribution is 0.0828. The van der Waals surface area contributed by atoms with Crippen LogP contribution in [-0.4, -0.2) is 16.2 Å². The molecule has 1 N–H and O–H groups in total. The van der Waals surface area contributed by atoms with Crippen LogP contribution in [0.25, 0.3) is 0 Å². The average molecular weight is 263 g/mol. The highest BCUT2D eigenvalue weighted by atomic mass is 16.5. The van der Waals surface area contributed by atoms with Crippen molar-refractivity contribution in [2.45, 2.75) is 65.6 Å². The van der Waals surface area contributed by atoms with Crippen molar-refractivity contribution >= 4 is 0 Å². The fourth-order valence-electron chi connectivity index (χ4n) is 3.06. The Morgan fingerprint density at radius 1 is 1.32 bits per heavy atom. The third-order valence-electron chi connectivity index (χ3n) is 4.22. The maximum Gasteiger partial charge on any atom is 0.219 e. The topological polar surface area (TPSA) is 42.4 Å². The molecule has 3 heteroatoms.